The van der Waals surface area contributed by atoms with Crippen molar-refractivity contribution in [2.24, 2.45) is 0 Å². The molecule has 7 heteroatoms. The molecule has 1 aliphatic heterocycles. The third kappa shape index (κ3) is 3.39. The van der Waals surface area contributed by atoms with Crippen LogP contribution in [0.1, 0.15) is 6.92 Å². The number of hydrogen-bond donors (Lipinski definition) is 2. The predicted molar refractivity (Wildman–Crippen MR) is 60.7 cm³/mol. The summed E-state index contributed by atoms with van der Waals surface area (Å²) in [6.45, 7) is 3.45. The molecule has 0 aromatic rings. The number of nitrogens with one attached hydrogen (secondary N) is 1. The lowest BCUT2D eigenvalue weighted by Crippen LogP contribution is -2.45. The van der Waals surface area contributed by atoms with Crippen LogP contribution < -0.4 is 5.32 Å². The monoisotopic (exact) mass is 252 g/mol. The van der Waals surface area contributed by atoms with E-state index in [9.17, 15) is 13.5 Å². The molecule has 1 heterocycles. The van der Waals surface area contributed by atoms with Crippen molar-refractivity contribution in [3.63, 3.8) is 0 Å². The Morgan fingerprint density at radius 1 is 1.50 bits per heavy atom. The topological polar surface area (TPSA) is 78.9 Å². The second-order valence-electron chi connectivity index (χ2n) is 3.82. The summed E-state index contributed by atoms with van der Waals surface area (Å²) in [6.07, 6.45) is -0.633. The Morgan fingerprint density at radius 2 is 2.19 bits per heavy atom. The Kier molecular flexibility index (Phi) is 5.13. The van der Waals surface area contributed by atoms with Gasteiger partial charge in [0.1, 0.15) is 0 Å². The molecule has 0 unspecified atom stereocenters. The Labute approximate surface area is 96.6 Å². The lowest BCUT2D eigenvalue weighted by atomic mass is 10.2. The largest absolute Gasteiger partial charge is 0.390 e. The van der Waals surface area contributed by atoms with Crippen LogP contribution in [0.3, 0.4) is 0 Å². The zero-order valence-corrected chi connectivity index (χ0v) is 10.5. The van der Waals surface area contributed by atoms with E-state index in [0.717, 1.165) is 0 Å². The van der Waals surface area contributed by atoms with Gasteiger partial charge in [-0.05, 0) is 6.92 Å². The van der Waals surface area contributed by atoms with E-state index in [2.05, 4.69) is 5.32 Å². The summed E-state index contributed by atoms with van der Waals surface area (Å²) in [5.41, 5.74) is 0. The third-order valence-corrected chi connectivity index (χ3v) is 4.58. The number of sulfonamides is 1. The second-order valence-corrected chi connectivity index (χ2v) is 5.97. The van der Waals surface area contributed by atoms with Crippen LogP contribution in [0.4, 0.5) is 0 Å². The highest BCUT2D eigenvalue weighted by Gasteiger charge is 2.34. The van der Waals surface area contributed by atoms with Gasteiger partial charge in [-0.25, -0.2) is 8.42 Å². The summed E-state index contributed by atoms with van der Waals surface area (Å²) in [7, 11) is -1.84. The van der Waals surface area contributed by atoms with Crippen LogP contribution in [0.25, 0.3) is 0 Å². The molecule has 0 aliphatic carbocycles. The quantitative estimate of drug-likeness (QED) is 0.570. The molecule has 6 nitrogen and oxygen atoms in total. The van der Waals surface area contributed by atoms with Crippen molar-refractivity contribution < 1.29 is 18.3 Å². The fourth-order valence-corrected chi connectivity index (χ4v) is 2.92. The molecule has 0 saturated carbocycles. The standard InChI is InChI=1S/C9H20N2O4S/c1-3-15-4-5-16(13,14)11(2)8-6-10-7-9(8)12/h8-10,12H,3-7H2,1-2H3/t8-,9-/m1/s1. The normalized spacial score (nSPS) is 26.5. The highest BCUT2D eigenvalue weighted by Crippen LogP contribution is 2.12. The van der Waals surface area contributed by atoms with E-state index < -0.39 is 16.1 Å². The zero-order chi connectivity index (χ0) is 12.2. The molecule has 0 aromatic heterocycles. The van der Waals surface area contributed by atoms with Crippen molar-refractivity contribution in [1.29, 1.82) is 0 Å². The van der Waals surface area contributed by atoms with Crippen molar-refractivity contribution in [1.82, 2.24) is 9.62 Å². The first kappa shape index (κ1) is 13.9. The average molecular weight is 252 g/mol. The van der Waals surface area contributed by atoms with Crippen molar-refractivity contribution in [3.05, 3.63) is 0 Å². The molecule has 2 N–H and O–H groups in total. The van der Waals surface area contributed by atoms with Gasteiger partial charge in [-0.3, -0.25) is 0 Å². The molecule has 16 heavy (non-hydrogen) atoms. The number of aliphatic hydroxyl groups excluding tert-OH is 1. The molecule has 96 valence electrons. The lowest BCUT2D eigenvalue weighted by Gasteiger charge is -2.25. The van der Waals surface area contributed by atoms with Gasteiger partial charge in [0.2, 0.25) is 10.0 Å². The maximum atomic E-state index is 11.8. The molecule has 0 spiro atoms. The number of likely N-dealkylation sites (N-methyl/N-ethyl adjacent to an activating group) is 1. The molecule has 2 atom stereocenters. The van der Waals surface area contributed by atoms with E-state index in [4.69, 9.17) is 4.74 Å². The van der Waals surface area contributed by atoms with Crippen molar-refractivity contribution >= 4 is 10.0 Å². The highest BCUT2D eigenvalue weighted by atomic mass is 32.2. The van der Waals surface area contributed by atoms with Crippen LogP contribution in [0.2, 0.25) is 0 Å². The average Bonchev–Trinajstić information content (AvgIpc) is 2.63. The van der Waals surface area contributed by atoms with Gasteiger partial charge in [-0.15, -0.1) is 0 Å². The third-order valence-electron chi connectivity index (χ3n) is 2.75. The number of β-amino-alcohol motifs (C(OH)–C–C–N with tert-alkyl or cyclic N) is 1. The number of hydrogen-bond acceptors (Lipinski definition) is 5. The maximum absolute atomic E-state index is 11.8. The van der Waals surface area contributed by atoms with Crippen LogP contribution in [0, 0.1) is 0 Å². The van der Waals surface area contributed by atoms with Crippen LogP contribution in [-0.2, 0) is 14.8 Å². The van der Waals surface area contributed by atoms with Gasteiger partial charge in [-0.1, -0.05) is 0 Å². The Balaban J connectivity index is 2.54. The number of ether oxygens (including phenoxy) is 1. The van der Waals surface area contributed by atoms with Gasteiger partial charge in [0.05, 0.1) is 24.5 Å². The predicted octanol–water partition coefficient (Wildman–Crippen LogP) is -1.38. The van der Waals surface area contributed by atoms with Crippen molar-refractivity contribution in [2.45, 2.75) is 19.1 Å². The van der Waals surface area contributed by atoms with Gasteiger partial charge in [-0.2, -0.15) is 4.31 Å². The molecule has 0 bridgehead atoms. The molecule has 0 radical (unpaired) electrons. The second kappa shape index (κ2) is 5.92. The minimum atomic E-state index is -3.34. The van der Waals surface area contributed by atoms with E-state index in [0.29, 0.717) is 19.7 Å². The van der Waals surface area contributed by atoms with Crippen LogP contribution in [-0.4, -0.2) is 69.1 Å². The summed E-state index contributed by atoms with van der Waals surface area (Å²) in [5, 5.41) is 12.5. The first-order chi connectivity index (χ1) is 7.49. The number of nitrogens with zero attached hydrogens (tertiary/aromatic N) is 1. The van der Waals surface area contributed by atoms with Crippen LogP contribution in [0.5, 0.6) is 0 Å². The van der Waals surface area contributed by atoms with E-state index in [1.807, 2.05) is 6.92 Å². The number of aliphatic hydroxyl groups is 1. The zero-order valence-electron chi connectivity index (χ0n) is 9.72. The minimum Gasteiger partial charge on any atom is -0.390 e. The van der Waals surface area contributed by atoms with E-state index in [1.54, 1.807) is 0 Å². The fraction of sp³-hybridized carbons (Fsp3) is 1.00. The SMILES string of the molecule is CCOCCS(=O)(=O)N(C)[C@@H]1CNC[C@H]1O. The molecule has 0 aromatic carbocycles. The molecular formula is C9H20N2O4S. The highest BCUT2D eigenvalue weighted by molar-refractivity contribution is 7.89. The summed E-state index contributed by atoms with van der Waals surface area (Å²) >= 11 is 0. The first-order valence-corrected chi connectivity index (χ1v) is 7.02. The fourth-order valence-electron chi connectivity index (χ4n) is 1.68. The molecule has 1 saturated heterocycles. The smallest absolute Gasteiger partial charge is 0.216 e. The molecule has 1 rings (SSSR count). The lowest BCUT2D eigenvalue weighted by molar-refractivity contribution is 0.134. The molecule has 0 amide bonds. The van der Waals surface area contributed by atoms with Gasteiger partial charge in [0.15, 0.2) is 0 Å². The summed E-state index contributed by atoms with van der Waals surface area (Å²) in [4.78, 5) is 0. The summed E-state index contributed by atoms with van der Waals surface area (Å²) in [6, 6.07) is -0.369. The maximum Gasteiger partial charge on any atom is 0.216 e. The van der Waals surface area contributed by atoms with E-state index >= 15 is 0 Å². The molecule has 1 aliphatic rings. The molecular weight excluding hydrogens is 232 g/mol. The Morgan fingerprint density at radius 3 is 2.69 bits per heavy atom. The minimum absolute atomic E-state index is 0.0411. The first-order valence-electron chi connectivity index (χ1n) is 5.41. The van der Waals surface area contributed by atoms with Gasteiger partial charge < -0.3 is 15.2 Å². The summed E-state index contributed by atoms with van der Waals surface area (Å²) < 4.78 is 30.0. The van der Waals surface area contributed by atoms with Crippen molar-refractivity contribution in [2.75, 3.05) is 39.1 Å². The Hall–Kier alpha value is -0.210. The van der Waals surface area contributed by atoms with E-state index in [1.165, 1.54) is 11.4 Å². The Bertz CT molecular complexity index is 307. The van der Waals surface area contributed by atoms with Gasteiger partial charge in [0.25, 0.3) is 0 Å². The van der Waals surface area contributed by atoms with Crippen molar-refractivity contribution in [3.8, 4) is 0 Å². The van der Waals surface area contributed by atoms with E-state index in [-0.39, 0.29) is 18.4 Å². The number of rotatable bonds is 6. The summed E-state index contributed by atoms with van der Waals surface area (Å²) in [5.74, 6) is -0.0411. The van der Waals surface area contributed by atoms with Crippen LogP contribution >= 0.6 is 0 Å². The van der Waals surface area contributed by atoms with Gasteiger partial charge in [0, 0.05) is 26.7 Å². The molecule has 1 fully saturated rings. The van der Waals surface area contributed by atoms with Gasteiger partial charge >= 0.3 is 0 Å². The van der Waals surface area contributed by atoms with Crippen LogP contribution in [0.15, 0.2) is 0 Å².